The summed E-state index contributed by atoms with van der Waals surface area (Å²) in [6.45, 7) is 2.13. The number of benzene rings is 2. The van der Waals surface area contributed by atoms with Crippen LogP contribution in [0.3, 0.4) is 0 Å². The van der Waals surface area contributed by atoms with Crippen molar-refractivity contribution < 1.29 is 41.3 Å². The van der Waals surface area contributed by atoms with Crippen molar-refractivity contribution in [1.82, 2.24) is 5.06 Å². The molecule has 178 valence electrons. The van der Waals surface area contributed by atoms with Crippen molar-refractivity contribution in [2.24, 2.45) is 0 Å². The predicted octanol–water partition coefficient (Wildman–Crippen LogP) is 4.99. The van der Waals surface area contributed by atoms with Gasteiger partial charge >= 0.3 is 11.5 Å². The molecule has 1 aliphatic rings. The lowest BCUT2D eigenvalue weighted by Crippen LogP contribution is -2.39. The largest absolute Gasteiger partial charge is 0.470 e. The highest BCUT2D eigenvalue weighted by Gasteiger charge is 2.39. The molecule has 0 fully saturated rings. The molecule has 1 heterocycles. The Kier molecular flexibility index (Phi) is 8.27. The van der Waals surface area contributed by atoms with E-state index in [0.717, 1.165) is 4.90 Å². The van der Waals surface area contributed by atoms with Gasteiger partial charge in [-0.2, -0.15) is 17.5 Å². The minimum atomic E-state index is -4.78. The zero-order valence-electron chi connectivity index (χ0n) is 17.6. The van der Waals surface area contributed by atoms with Crippen molar-refractivity contribution in [3.8, 4) is 0 Å². The van der Waals surface area contributed by atoms with Crippen molar-refractivity contribution in [2.75, 3.05) is 19.5 Å². The van der Waals surface area contributed by atoms with Crippen LogP contribution in [0.5, 0.6) is 0 Å². The molecular weight excluding hydrogens is 483 g/mol. The van der Waals surface area contributed by atoms with Crippen molar-refractivity contribution in [3.63, 3.8) is 0 Å². The molecule has 2 amide bonds. The fraction of sp³-hybridized carbons (Fsp3) is 0.381. The fourth-order valence-corrected chi connectivity index (χ4v) is 4.37. The van der Waals surface area contributed by atoms with Crippen LogP contribution in [0.15, 0.2) is 35.2 Å². The van der Waals surface area contributed by atoms with E-state index in [-0.39, 0.29) is 41.3 Å². The molecule has 3 rings (SSSR count). The summed E-state index contributed by atoms with van der Waals surface area (Å²) in [5.74, 6) is -1.91. The molecule has 2 aromatic rings. The van der Waals surface area contributed by atoms with Gasteiger partial charge in [0.2, 0.25) is 0 Å². The van der Waals surface area contributed by atoms with Gasteiger partial charge in [0.15, 0.2) is 0 Å². The lowest BCUT2D eigenvalue weighted by atomic mass is 9.95. The maximum atomic E-state index is 12.6. The molecule has 0 bridgehead atoms. The van der Waals surface area contributed by atoms with Crippen molar-refractivity contribution in [2.45, 2.75) is 36.3 Å². The van der Waals surface area contributed by atoms with Gasteiger partial charge in [-0.3, -0.25) is 14.4 Å². The Hall–Kier alpha value is -2.28. The number of nitrogens with zero attached hydrogens (tertiary/aromatic N) is 1. The quantitative estimate of drug-likeness (QED) is 0.194. The van der Waals surface area contributed by atoms with Gasteiger partial charge in [-0.1, -0.05) is 12.1 Å². The Balaban J connectivity index is 1.71. The minimum Gasteiger partial charge on any atom is -0.466 e. The van der Waals surface area contributed by atoms with E-state index in [1.165, 1.54) is 23.9 Å². The fourth-order valence-electron chi connectivity index (χ4n) is 3.09. The van der Waals surface area contributed by atoms with Gasteiger partial charge in [0.05, 0.1) is 30.3 Å². The molecular formula is C21H20F3NO6S2. The Morgan fingerprint density at radius 1 is 1.12 bits per heavy atom. The number of methoxy groups -OCH3 is 1. The zero-order chi connectivity index (χ0) is 24.2. The number of ether oxygens (including phenoxy) is 2. The van der Waals surface area contributed by atoms with E-state index < -0.39 is 29.4 Å². The predicted molar refractivity (Wildman–Crippen MR) is 117 cm³/mol. The number of hydrogen-bond donors (Lipinski definition) is 0. The molecule has 7 nitrogen and oxygen atoms in total. The molecule has 1 unspecified atom stereocenters. The number of carbonyl (C=O) groups is 3. The maximum absolute atomic E-state index is 12.6. The van der Waals surface area contributed by atoms with Gasteiger partial charge in [-0.05, 0) is 30.5 Å². The van der Waals surface area contributed by atoms with Gasteiger partial charge in [-0.25, -0.2) is 0 Å². The number of halogens is 3. The summed E-state index contributed by atoms with van der Waals surface area (Å²) < 4.78 is 52.1. The Labute approximate surface area is 196 Å². The van der Waals surface area contributed by atoms with E-state index in [1.807, 2.05) is 6.92 Å². The number of rotatable bonds is 10. The number of hydrogen-bond acceptors (Lipinski definition) is 8. The van der Waals surface area contributed by atoms with Crippen LogP contribution in [0, 0.1) is 0 Å². The average molecular weight is 504 g/mol. The van der Waals surface area contributed by atoms with E-state index in [1.54, 1.807) is 25.3 Å². The third kappa shape index (κ3) is 6.19. The first-order chi connectivity index (χ1) is 15.6. The summed E-state index contributed by atoms with van der Waals surface area (Å²) in [6, 6.07) is 7.75. The second-order valence-electron chi connectivity index (χ2n) is 7.00. The standard InChI is InChI=1S/C21H20F3NO6S2/c1-12(29-2)8-10-30-17(26)9-11-32-16-7-6-15-18-13(16)4-3-5-14(18)19(27)25(20(15)28)31-33-21(22,23)24/h3-7,12H,8-11H2,1-2H3. The number of hydroxylamine groups is 2. The van der Waals surface area contributed by atoms with Gasteiger partial charge in [-0.15, -0.1) is 16.8 Å². The van der Waals surface area contributed by atoms with E-state index in [0.29, 0.717) is 22.9 Å². The second kappa shape index (κ2) is 10.8. The second-order valence-corrected chi connectivity index (χ2v) is 8.92. The first-order valence-corrected chi connectivity index (χ1v) is 11.5. The molecule has 0 aliphatic carbocycles. The van der Waals surface area contributed by atoms with E-state index in [4.69, 9.17) is 9.47 Å². The Morgan fingerprint density at radius 3 is 2.48 bits per heavy atom. The summed E-state index contributed by atoms with van der Waals surface area (Å²) in [7, 11) is 1.58. The molecule has 2 aromatic carbocycles. The molecule has 0 spiro atoms. The number of esters is 1. The third-order valence-electron chi connectivity index (χ3n) is 4.79. The van der Waals surface area contributed by atoms with E-state index >= 15 is 0 Å². The molecule has 0 saturated carbocycles. The molecule has 1 atom stereocenters. The number of alkyl halides is 3. The molecule has 1 aliphatic heterocycles. The zero-order valence-corrected chi connectivity index (χ0v) is 19.3. The highest BCUT2D eigenvalue weighted by Crippen LogP contribution is 2.38. The van der Waals surface area contributed by atoms with Gasteiger partial charge < -0.3 is 9.47 Å². The lowest BCUT2D eigenvalue weighted by Gasteiger charge is -2.25. The number of amides is 2. The van der Waals surface area contributed by atoms with Crippen LogP contribution in [0.2, 0.25) is 0 Å². The van der Waals surface area contributed by atoms with Crippen LogP contribution in [0.1, 0.15) is 40.5 Å². The van der Waals surface area contributed by atoms with Gasteiger partial charge in [0.25, 0.3) is 11.8 Å². The highest BCUT2D eigenvalue weighted by molar-refractivity contribution is 7.99. The topological polar surface area (TPSA) is 82.1 Å². The smallest absolute Gasteiger partial charge is 0.466 e. The van der Waals surface area contributed by atoms with E-state index in [9.17, 15) is 27.6 Å². The first kappa shape index (κ1) is 25.3. The van der Waals surface area contributed by atoms with Gasteiger partial charge in [0.1, 0.15) is 12.0 Å². The first-order valence-electron chi connectivity index (χ1n) is 9.80. The Morgan fingerprint density at radius 2 is 1.82 bits per heavy atom. The van der Waals surface area contributed by atoms with Crippen molar-refractivity contribution in [3.05, 3.63) is 41.5 Å². The summed E-state index contributed by atoms with van der Waals surface area (Å²) in [6.07, 6.45) is 0.737. The SMILES string of the molecule is COC(C)CCOC(=O)CCSc1ccc2c3c(cccc13)C(=O)N(OSC(F)(F)F)C2=O. The van der Waals surface area contributed by atoms with Crippen LogP contribution in [-0.4, -0.2) is 53.9 Å². The maximum Gasteiger partial charge on any atom is 0.470 e. The Bertz CT molecular complexity index is 1040. The number of thioether (sulfide) groups is 1. The number of carbonyl (C=O) groups excluding carboxylic acids is 3. The van der Waals surface area contributed by atoms with Crippen LogP contribution in [0.25, 0.3) is 10.8 Å². The summed E-state index contributed by atoms with van der Waals surface area (Å²) in [5.41, 5.74) is -4.67. The van der Waals surface area contributed by atoms with Crippen LogP contribution in [0.4, 0.5) is 13.2 Å². The van der Waals surface area contributed by atoms with Gasteiger partial charge in [0, 0.05) is 29.6 Å². The van der Waals surface area contributed by atoms with Crippen molar-refractivity contribution in [1.29, 1.82) is 0 Å². The van der Waals surface area contributed by atoms with Crippen molar-refractivity contribution >= 4 is 52.4 Å². The summed E-state index contributed by atoms with van der Waals surface area (Å²) >= 11 is 0.412. The highest BCUT2D eigenvalue weighted by atomic mass is 32.2. The van der Waals surface area contributed by atoms with Crippen LogP contribution >= 0.6 is 23.8 Å². The molecule has 33 heavy (non-hydrogen) atoms. The third-order valence-corrected chi connectivity index (χ3v) is 6.28. The molecule has 0 radical (unpaired) electrons. The normalized spacial score (nSPS) is 14.6. The molecule has 0 saturated heterocycles. The van der Waals surface area contributed by atoms with E-state index in [2.05, 4.69) is 4.28 Å². The molecule has 12 heteroatoms. The van der Waals surface area contributed by atoms with Crippen LogP contribution in [-0.2, 0) is 18.6 Å². The minimum absolute atomic E-state index is 0.0105. The number of imide groups is 1. The summed E-state index contributed by atoms with van der Waals surface area (Å²) in [5, 5.41) is 1.04. The molecule has 0 aromatic heterocycles. The lowest BCUT2D eigenvalue weighted by molar-refractivity contribution is -0.143. The molecule has 0 N–H and O–H groups in total. The average Bonchev–Trinajstić information content (AvgIpc) is 2.77. The summed E-state index contributed by atoms with van der Waals surface area (Å²) in [4.78, 5) is 37.9. The monoisotopic (exact) mass is 503 g/mol. The van der Waals surface area contributed by atoms with Crippen LogP contribution < -0.4 is 0 Å².